The SMILES string of the molecule is O=C(NCC[C@H]1CN(c2ncccn2)Cc2ccnn2C1)c1ccco1. The Morgan fingerprint density at radius 2 is 2.08 bits per heavy atom. The van der Waals surface area contributed by atoms with E-state index < -0.39 is 0 Å². The van der Waals surface area contributed by atoms with Gasteiger partial charge in [-0.3, -0.25) is 9.48 Å². The van der Waals surface area contributed by atoms with Gasteiger partial charge in [0.15, 0.2) is 5.76 Å². The van der Waals surface area contributed by atoms with Gasteiger partial charge >= 0.3 is 0 Å². The Morgan fingerprint density at radius 3 is 2.88 bits per heavy atom. The van der Waals surface area contributed by atoms with Gasteiger partial charge in [0.1, 0.15) is 0 Å². The summed E-state index contributed by atoms with van der Waals surface area (Å²) in [4.78, 5) is 22.9. The number of anilines is 1. The van der Waals surface area contributed by atoms with Gasteiger partial charge in [0.05, 0.1) is 18.5 Å². The Labute approximate surface area is 150 Å². The fraction of sp³-hybridized carbons (Fsp3) is 0.333. The number of aromatic nitrogens is 4. The van der Waals surface area contributed by atoms with E-state index in [4.69, 9.17) is 4.42 Å². The molecule has 0 saturated heterocycles. The molecule has 1 amide bonds. The number of carbonyl (C=O) groups is 1. The van der Waals surface area contributed by atoms with Crippen LogP contribution >= 0.6 is 0 Å². The lowest BCUT2D eigenvalue weighted by Crippen LogP contribution is -2.32. The van der Waals surface area contributed by atoms with Crippen LogP contribution in [0.5, 0.6) is 0 Å². The standard InChI is InChI=1S/C18H20N6O2/c25-17(16-3-1-10-26-16)19-8-4-14-11-23(18-20-6-2-7-21-18)13-15-5-9-22-24(15)12-14/h1-3,5-7,9-10,14H,4,8,11-13H2,(H,19,25)/t14-/m0/s1. The highest BCUT2D eigenvalue weighted by Gasteiger charge is 2.24. The van der Waals surface area contributed by atoms with Crippen LogP contribution in [0.2, 0.25) is 0 Å². The zero-order valence-electron chi connectivity index (χ0n) is 14.3. The number of rotatable bonds is 5. The summed E-state index contributed by atoms with van der Waals surface area (Å²) < 4.78 is 7.15. The summed E-state index contributed by atoms with van der Waals surface area (Å²) in [7, 11) is 0. The molecular formula is C18H20N6O2. The Bertz CT molecular complexity index is 846. The lowest BCUT2D eigenvalue weighted by molar-refractivity contribution is 0.0923. The van der Waals surface area contributed by atoms with Gasteiger partial charge in [-0.2, -0.15) is 5.10 Å². The number of hydrogen-bond acceptors (Lipinski definition) is 6. The van der Waals surface area contributed by atoms with Crippen LogP contribution in [-0.4, -0.2) is 38.7 Å². The van der Waals surface area contributed by atoms with E-state index in [9.17, 15) is 4.79 Å². The molecule has 1 aliphatic heterocycles. The van der Waals surface area contributed by atoms with E-state index in [0.29, 0.717) is 24.2 Å². The van der Waals surface area contributed by atoms with Gasteiger partial charge in [-0.15, -0.1) is 0 Å². The van der Waals surface area contributed by atoms with Crippen LogP contribution in [0.1, 0.15) is 22.7 Å². The van der Waals surface area contributed by atoms with Crippen LogP contribution in [0.3, 0.4) is 0 Å². The number of amides is 1. The zero-order valence-corrected chi connectivity index (χ0v) is 14.3. The molecule has 0 unspecified atom stereocenters. The Hall–Kier alpha value is -3.16. The van der Waals surface area contributed by atoms with Crippen molar-refractivity contribution in [1.82, 2.24) is 25.1 Å². The van der Waals surface area contributed by atoms with E-state index in [-0.39, 0.29) is 5.91 Å². The highest BCUT2D eigenvalue weighted by Crippen LogP contribution is 2.21. The van der Waals surface area contributed by atoms with Crippen LogP contribution in [0.25, 0.3) is 0 Å². The third kappa shape index (κ3) is 3.58. The number of nitrogens with zero attached hydrogens (tertiary/aromatic N) is 5. The highest BCUT2D eigenvalue weighted by atomic mass is 16.3. The molecule has 8 nitrogen and oxygen atoms in total. The van der Waals surface area contributed by atoms with E-state index in [1.54, 1.807) is 24.5 Å². The van der Waals surface area contributed by atoms with Gasteiger partial charge in [-0.05, 0) is 36.6 Å². The number of hydrogen-bond donors (Lipinski definition) is 1. The largest absolute Gasteiger partial charge is 0.459 e. The van der Waals surface area contributed by atoms with E-state index in [1.807, 2.05) is 23.0 Å². The maximum Gasteiger partial charge on any atom is 0.286 e. The quantitative estimate of drug-likeness (QED) is 0.752. The molecule has 0 aromatic carbocycles. The zero-order chi connectivity index (χ0) is 17.8. The van der Waals surface area contributed by atoms with Gasteiger partial charge in [-0.25, -0.2) is 9.97 Å². The van der Waals surface area contributed by atoms with Crippen molar-refractivity contribution >= 4 is 11.9 Å². The summed E-state index contributed by atoms with van der Waals surface area (Å²) in [5.74, 6) is 1.18. The molecule has 3 aromatic heterocycles. The topological polar surface area (TPSA) is 89.1 Å². The third-order valence-electron chi connectivity index (χ3n) is 4.49. The molecule has 26 heavy (non-hydrogen) atoms. The highest BCUT2D eigenvalue weighted by molar-refractivity contribution is 5.91. The molecule has 0 radical (unpaired) electrons. The second-order valence-corrected chi connectivity index (χ2v) is 6.32. The molecule has 0 fully saturated rings. The first-order valence-corrected chi connectivity index (χ1v) is 8.64. The number of nitrogens with one attached hydrogen (secondary N) is 1. The summed E-state index contributed by atoms with van der Waals surface area (Å²) >= 11 is 0. The Kier molecular flexibility index (Phi) is 4.63. The van der Waals surface area contributed by atoms with Crippen molar-refractivity contribution in [3.05, 3.63) is 60.6 Å². The predicted molar refractivity (Wildman–Crippen MR) is 94.5 cm³/mol. The van der Waals surface area contributed by atoms with Crippen LogP contribution in [-0.2, 0) is 13.1 Å². The van der Waals surface area contributed by atoms with Crippen molar-refractivity contribution < 1.29 is 9.21 Å². The molecule has 0 bridgehead atoms. The predicted octanol–water partition coefficient (Wildman–Crippen LogP) is 1.72. The summed E-state index contributed by atoms with van der Waals surface area (Å²) in [5, 5.41) is 7.34. The molecule has 4 heterocycles. The van der Waals surface area contributed by atoms with Crippen molar-refractivity contribution in [1.29, 1.82) is 0 Å². The van der Waals surface area contributed by atoms with Gasteiger partial charge in [0.2, 0.25) is 5.95 Å². The number of furan rings is 1. The van der Waals surface area contributed by atoms with Crippen molar-refractivity contribution in [2.45, 2.75) is 19.5 Å². The van der Waals surface area contributed by atoms with Crippen LogP contribution < -0.4 is 10.2 Å². The second kappa shape index (κ2) is 7.38. The molecule has 1 aliphatic rings. The Morgan fingerprint density at radius 1 is 1.19 bits per heavy atom. The molecular weight excluding hydrogens is 332 g/mol. The second-order valence-electron chi connectivity index (χ2n) is 6.32. The molecule has 0 aliphatic carbocycles. The molecule has 1 N–H and O–H groups in total. The molecule has 134 valence electrons. The van der Waals surface area contributed by atoms with Gasteiger partial charge < -0.3 is 14.6 Å². The smallest absolute Gasteiger partial charge is 0.286 e. The summed E-state index contributed by atoms with van der Waals surface area (Å²) in [5.41, 5.74) is 1.14. The maximum atomic E-state index is 12.0. The van der Waals surface area contributed by atoms with Crippen LogP contribution in [0, 0.1) is 5.92 Å². The first-order chi connectivity index (χ1) is 12.8. The normalized spacial score (nSPS) is 16.8. The minimum absolute atomic E-state index is 0.188. The third-order valence-corrected chi connectivity index (χ3v) is 4.49. The van der Waals surface area contributed by atoms with Crippen molar-refractivity contribution in [3.63, 3.8) is 0 Å². The van der Waals surface area contributed by atoms with E-state index in [0.717, 1.165) is 31.7 Å². The van der Waals surface area contributed by atoms with Crippen molar-refractivity contribution in [2.75, 3.05) is 18.0 Å². The fourth-order valence-corrected chi connectivity index (χ4v) is 3.21. The monoisotopic (exact) mass is 352 g/mol. The van der Waals surface area contributed by atoms with Crippen LogP contribution in [0.15, 0.2) is 53.5 Å². The Balaban J connectivity index is 1.42. The molecule has 0 spiro atoms. The maximum absolute atomic E-state index is 12.0. The first-order valence-electron chi connectivity index (χ1n) is 8.64. The molecule has 4 rings (SSSR count). The fourth-order valence-electron chi connectivity index (χ4n) is 3.21. The lowest BCUT2D eigenvalue weighted by Gasteiger charge is -2.23. The van der Waals surface area contributed by atoms with Crippen molar-refractivity contribution in [3.8, 4) is 0 Å². The summed E-state index contributed by atoms with van der Waals surface area (Å²) in [6, 6.07) is 7.20. The lowest BCUT2D eigenvalue weighted by atomic mass is 10.1. The van der Waals surface area contributed by atoms with E-state index in [1.165, 1.54) is 6.26 Å². The summed E-state index contributed by atoms with van der Waals surface area (Å²) in [6.45, 7) is 2.91. The molecule has 1 atom stereocenters. The average molecular weight is 352 g/mol. The van der Waals surface area contributed by atoms with Crippen LogP contribution in [0.4, 0.5) is 5.95 Å². The average Bonchev–Trinajstić information content (AvgIpc) is 3.32. The van der Waals surface area contributed by atoms with E-state index in [2.05, 4.69) is 25.3 Å². The number of carbonyl (C=O) groups excluding carboxylic acids is 1. The minimum atomic E-state index is -0.188. The van der Waals surface area contributed by atoms with Gasteiger partial charge in [-0.1, -0.05) is 0 Å². The summed E-state index contributed by atoms with van der Waals surface area (Å²) in [6.07, 6.45) is 7.65. The minimum Gasteiger partial charge on any atom is -0.459 e. The molecule has 0 saturated carbocycles. The first kappa shape index (κ1) is 16.3. The molecule has 3 aromatic rings. The van der Waals surface area contributed by atoms with Crippen molar-refractivity contribution in [2.24, 2.45) is 5.92 Å². The molecule has 8 heteroatoms. The van der Waals surface area contributed by atoms with E-state index >= 15 is 0 Å². The van der Waals surface area contributed by atoms with Gasteiger partial charge in [0, 0.05) is 38.2 Å². The number of fused-ring (bicyclic) bond motifs is 1. The van der Waals surface area contributed by atoms with Gasteiger partial charge in [0.25, 0.3) is 5.91 Å².